The van der Waals surface area contributed by atoms with Crippen molar-refractivity contribution in [3.05, 3.63) is 11.3 Å². The summed E-state index contributed by atoms with van der Waals surface area (Å²) in [5.41, 5.74) is 4.16. The molecule has 0 saturated heterocycles. The van der Waals surface area contributed by atoms with E-state index in [2.05, 4.69) is 26.5 Å². The number of fused-ring (bicyclic) bond motifs is 1. The Hall–Kier alpha value is -2.09. The predicted octanol–water partition coefficient (Wildman–Crippen LogP) is 0.843. The average molecular weight is 306 g/mol. The van der Waals surface area contributed by atoms with Crippen molar-refractivity contribution in [2.24, 2.45) is 5.92 Å². The Labute approximate surface area is 129 Å². The van der Waals surface area contributed by atoms with E-state index in [4.69, 9.17) is 0 Å². The molecule has 4 N–H and O–H groups in total. The van der Waals surface area contributed by atoms with Crippen LogP contribution in [-0.2, 0) is 16.9 Å². The van der Waals surface area contributed by atoms with Gasteiger partial charge >= 0.3 is 6.03 Å². The number of aromatic nitrogens is 2. The van der Waals surface area contributed by atoms with Crippen molar-refractivity contribution < 1.29 is 9.59 Å². The summed E-state index contributed by atoms with van der Waals surface area (Å²) in [6.45, 7) is 7.02. The minimum atomic E-state index is -0.329. The monoisotopic (exact) mass is 306 g/mol. The van der Waals surface area contributed by atoms with Crippen molar-refractivity contribution in [3.63, 3.8) is 0 Å². The fourth-order valence-electron chi connectivity index (χ4n) is 2.69. The van der Waals surface area contributed by atoms with Crippen LogP contribution in [0.2, 0.25) is 0 Å². The standard InChI is InChI=1S/C14H22N6O2/c1-4-15-13(22)19-20-10-9(7-16-14(10,2)3)11(18-20)17-12(21)8-5-6-8/h8,16H,4-7H2,1-3H3,(H2,15,19,22)(H,17,18,21). The van der Waals surface area contributed by atoms with Gasteiger partial charge in [0, 0.05) is 24.6 Å². The molecule has 0 unspecified atom stereocenters. The molecule has 1 aliphatic heterocycles. The number of hydrogen-bond acceptors (Lipinski definition) is 4. The first kappa shape index (κ1) is 14.8. The minimum Gasteiger partial charge on any atom is -0.337 e. The molecule has 0 atom stereocenters. The Morgan fingerprint density at radius 1 is 1.41 bits per heavy atom. The second-order valence-corrected chi connectivity index (χ2v) is 6.30. The Kier molecular flexibility index (Phi) is 3.56. The fraction of sp³-hybridized carbons (Fsp3) is 0.643. The topological polar surface area (TPSA) is 100 Å². The maximum atomic E-state index is 12.0. The van der Waals surface area contributed by atoms with Crippen molar-refractivity contribution in [3.8, 4) is 0 Å². The summed E-state index contributed by atoms with van der Waals surface area (Å²) < 4.78 is 0. The van der Waals surface area contributed by atoms with E-state index in [1.54, 1.807) is 0 Å². The van der Waals surface area contributed by atoms with E-state index in [0.29, 0.717) is 18.9 Å². The largest absolute Gasteiger partial charge is 0.337 e. The van der Waals surface area contributed by atoms with E-state index in [1.807, 2.05) is 20.8 Å². The van der Waals surface area contributed by atoms with Gasteiger partial charge in [-0.2, -0.15) is 4.79 Å². The molecule has 2 aliphatic rings. The second-order valence-electron chi connectivity index (χ2n) is 6.30. The number of anilines is 1. The zero-order chi connectivity index (χ0) is 15.9. The first-order valence-corrected chi connectivity index (χ1v) is 7.65. The molecular weight excluding hydrogens is 284 g/mol. The molecule has 120 valence electrons. The van der Waals surface area contributed by atoms with Gasteiger partial charge in [-0.15, -0.1) is 5.10 Å². The number of urea groups is 1. The van der Waals surface area contributed by atoms with Crippen LogP contribution in [0.25, 0.3) is 0 Å². The fourth-order valence-corrected chi connectivity index (χ4v) is 2.69. The second kappa shape index (κ2) is 5.28. The molecule has 1 aromatic heterocycles. The zero-order valence-corrected chi connectivity index (χ0v) is 13.1. The van der Waals surface area contributed by atoms with Crippen molar-refractivity contribution in [1.82, 2.24) is 20.5 Å². The minimum absolute atomic E-state index is 0.00941. The van der Waals surface area contributed by atoms with Crippen LogP contribution in [0.4, 0.5) is 10.6 Å². The van der Waals surface area contributed by atoms with E-state index in [9.17, 15) is 9.59 Å². The highest BCUT2D eigenvalue weighted by Gasteiger charge is 2.38. The summed E-state index contributed by atoms with van der Waals surface area (Å²) in [5, 5.41) is 13.3. The van der Waals surface area contributed by atoms with Gasteiger partial charge < -0.3 is 16.0 Å². The van der Waals surface area contributed by atoms with Gasteiger partial charge in [0.2, 0.25) is 5.91 Å². The third kappa shape index (κ3) is 2.66. The lowest BCUT2D eigenvalue weighted by atomic mass is 10.0. The van der Waals surface area contributed by atoms with Crippen LogP contribution in [0, 0.1) is 5.92 Å². The van der Waals surface area contributed by atoms with E-state index in [0.717, 1.165) is 24.1 Å². The first-order valence-electron chi connectivity index (χ1n) is 7.65. The smallest absolute Gasteiger partial charge is 0.335 e. The van der Waals surface area contributed by atoms with Crippen LogP contribution in [0.3, 0.4) is 0 Å². The van der Waals surface area contributed by atoms with Crippen LogP contribution in [0.1, 0.15) is 44.9 Å². The van der Waals surface area contributed by atoms with Crippen molar-refractivity contribution in [1.29, 1.82) is 0 Å². The van der Waals surface area contributed by atoms with Gasteiger partial charge in [-0.05, 0) is 33.6 Å². The zero-order valence-electron chi connectivity index (χ0n) is 13.1. The van der Waals surface area contributed by atoms with Crippen LogP contribution in [-0.4, -0.2) is 28.4 Å². The number of amides is 3. The molecule has 3 rings (SSSR count). The number of nitrogens with one attached hydrogen (secondary N) is 4. The third-order valence-electron chi connectivity index (χ3n) is 4.02. The molecule has 0 bridgehead atoms. The van der Waals surface area contributed by atoms with Gasteiger partial charge in [-0.3, -0.25) is 4.79 Å². The third-order valence-corrected chi connectivity index (χ3v) is 4.02. The lowest BCUT2D eigenvalue weighted by molar-refractivity contribution is -0.117. The van der Waals surface area contributed by atoms with Gasteiger partial charge in [0.1, 0.15) is 0 Å². The molecule has 0 radical (unpaired) electrons. The average Bonchev–Trinajstić information content (AvgIpc) is 3.15. The lowest BCUT2D eigenvalue weighted by Crippen LogP contribution is -2.39. The van der Waals surface area contributed by atoms with E-state index in [1.165, 1.54) is 4.79 Å². The normalized spacial score (nSPS) is 18.7. The summed E-state index contributed by atoms with van der Waals surface area (Å²) in [7, 11) is 0. The Bertz CT molecular complexity index is 617. The summed E-state index contributed by atoms with van der Waals surface area (Å²) >= 11 is 0. The molecule has 0 aromatic carbocycles. The van der Waals surface area contributed by atoms with Crippen LogP contribution < -0.4 is 21.4 Å². The molecule has 8 nitrogen and oxygen atoms in total. The highest BCUT2D eigenvalue weighted by molar-refractivity contribution is 5.94. The van der Waals surface area contributed by atoms with Crippen molar-refractivity contribution >= 4 is 17.8 Å². The summed E-state index contributed by atoms with van der Waals surface area (Å²) in [6, 6.07) is -0.324. The molecule has 22 heavy (non-hydrogen) atoms. The predicted molar refractivity (Wildman–Crippen MR) is 81.9 cm³/mol. The van der Waals surface area contributed by atoms with E-state index >= 15 is 0 Å². The van der Waals surface area contributed by atoms with Gasteiger partial charge in [0.05, 0.1) is 11.2 Å². The molecule has 2 heterocycles. The van der Waals surface area contributed by atoms with E-state index in [-0.39, 0.29) is 23.4 Å². The Balaban J connectivity index is 1.88. The molecule has 0 spiro atoms. The van der Waals surface area contributed by atoms with Gasteiger partial charge in [-0.1, -0.05) is 0 Å². The number of hydrogen-bond donors (Lipinski definition) is 4. The maximum Gasteiger partial charge on any atom is 0.335 e. The quantitative estimate of drug-likeness (QED) is 0.662. The molecule has 8 heteroatoms. The first-order chi connectivity index (χ1) is 10.4. The lowest BCUT2D eigenvalue weighted by Gasteiger charge is -2.21. The molecular formula is C14H22N6O2. The Morgan fingerprint density at radius 2 is 2.14 bits per heavy atom. The Morgan fingerprint density at radius 3 is 2.77 bits per heavy atom. The number of carbonyl (C=O) groups excluding carboxylic acids is 2. The number of nitrogens with zero attached hydrogens (tertiary/aromatic N) is 2. The van der Waals surface area contributed by atoms with Crippen LogP contribution >= 0.6 is 0 Å². The van der Waals surface area contributed by atoms with Gasteiger partial charge in [0.15, 0.2) is 5.82 Å². The maximum absolute atomic E-state index is 12.0. The molecule has 3 amide bonds. The van der Waals surface area contributed by atoms with Crippen molar-refractivity contribution in [2.75, 3.05) is 17.3 Å². The summed E-state index contributed by atoms with van der Waals surface area (Å²) in [4.78, 5) is 25.2. The van der Waals surface area contributed by atoms with Crippen LogP contribution in [0.15, 0.2) is 0 Å². The number of carbonyl (C=O) groups is 2. The van der Waals surface area contributed by atoms with Gasteiger partial charge in [0.25, 0.3) is 0 Å². The van der Waals surface area contributed by atoms with Crippen molar-refractivity contribution in [2.45, 2.75) is 45.7 Å². The summed E-state index contributed by atoms with van der Waals surface area (Å²) in [5.74, 6) is 0.650. The highest BCUT2D eigenvalue weighted by Crippen LogP contribution is 2.36. The highest BCUT2D eigenvalue weighted by atomic mass is 16.2. The van der Waals surface area contributed by atoms with Crippen LogP contribution in [0.5, 0.6) is 0 Å². The van der Waals surface area contributed by atoms with Gasteiger partial charge in [-0.25, -0.2) is 10.2 Å². The molecule has 1 aromatic rings. The molecule has 1 aliphatic carbocycles. The number of rotatable bonds is 4. The molecule has 1 fully saturated rings. The molecule has 1 saturated carbocycles. The van der Waals surface area contributed by atoms with E-state index < -0.39 is 0 Å². The SMILES string of the molecule is CCNC(=O)Nn1nc(NC(=O)C2CC2)c2c1C(C)(C)NC2. The summed E-state index contributed by atoms with van der Waals surface area (Å²) in [6.07, 6.45) is 1.88.